The molecule has 0 spiro atoms. The molecule has 0 amide bonds. The van der Waals surface area contributed by atoms with Gasteiger partial charge >= 0.3 is 0 Å². The molecule has 0 heterocycles. The lowest BCUT2D eigenvalue weighted by atomic mass is 10.1. The Balaban J connectivity index is 0.00000144. The van der Waals surface area contributed by atoms with E-state index in [9.17, 15) is 0 Å². The Hall–Kier alpha value is -0.240. The lowest BCUT2D eigenvalue weighted by molar-refractivity contribution is 0.401. The molecule has 13 heavy (non-hydrogen) atoms. The number of benzene rings is 1. The SMILES string of the molecule is CN(C)Cc1ccccc1CCl.Cl. The van der Waals surface area contributed by atoms with Crippen molar-refractivity contribution in [3.63, 3.8) is 0 Å². The van der Waals surface area contributed by atoms with Gasteiger partial charge in [-0.1, -0.05) is 24.3 Å². The van der Waals surface area contributed by atoms with E-state index in [0.29, 0.717) is 5.88 Å². The first-order chi connectivity index (χ1) is 5.74. The zero-order valence-electron chi connectivity index (χ0n) is 7.96. The normalized spacial score (nSPS) is 9.85. The molecule has 74 valence electrons. The number of alkyl halides is 1. The molecule has 0 atom stereocenters. The maximum atomic E-state index is 5.80. The molecule has 0 aliphatic carbocycles. The molecule has 0 bridgehead atoms. The van der Waals surface area contributed by atoms with Gasteiger partial charge in [0.2, 0.25) is 0 Å². The summed E-state index contributed by atoms with van der Waals surface area (Å²) >= 11 is 5.80. The predicted molar refractivity (Wildman–Crippen MR) is 60.6 cm³/mol. The molecular weight excluding hydrogens is 205 g/mol. The number of hydrogen-bond donors (Lipinski definition) is 0. The first kappa shape index (κ1) is 12.8. The summed E-state index contributed by atoms with van der Waals surface area (Å²) in [6.45, 7) is 0.961. The Kier molecular flexibility index (Phi) is 6.13. The van der Waals surface area contributed by atoms with Crippen LogP contribution in [0.3, 0.4) is 0 Å². The van der Waals surface area contributed by atoms with E-state index in [-0.39, 0.29) is 12.4 Å². The topological polar surface area (TPSA) is 3.24 Å². The van der Waals surface area contributed by atoms with Gasteiger partial charge in [-0.25, -0.2) is 0 Å². The highest BCUT2D eigenvalue weighted by atomic mass is 35.5. The van der Waals surface area contributed by atoms with E-state index >= 15 is 0 Å². The minimum Gasteiger partial charge on any atom is -0.305 e. The van der Waals surface area contributed by atoms with Crippen LogP contribution in [0.25, 0.3) is 0 Å². The van der Waals surface area contributed by atoms with Crippen molar-refractivity contribution >= 4 is 24.0 Å². The van der Waals surface area contributed by atoms with Crippen molar-refractivity contribution in [2.75, 3.05) is 14.1 Å². The van der Waals surface area contributed by atoms with Crippen LogP contribution in [0.1, 0.15) is 11.1 Å². The van der Waals surface area contributed by atoms with Crippen molar-refractivity contribution in [2.45, 2.75) is 12.4 Å². The summed E-state index contributed by atoms with van der Waals surface area (Å²) in [4.78, 5) is 2.14. The molecule has 0 saturated heterocycles. The molecular formula is C10H15Cl2N. The van der Waals surface area contributed by atoms with Gasteiger partial charge < -0.3 is 4.90 Å². The van der Waals surface area contributed by atoms with E-state index in [1.165, 1.54) is 11.1 Å². The van der Waals surface area contributed by atoms with Gasteiger partial charge in [-0.15, -0.1) is 24.0 Å². The quantitative estimate of drug-likeness (QED) is 0.708. The first-order valence-electron chi connectivity index (χ1n) is 4.01. The Bertz CT molecular complexity index is 248. The monoisotopic (exact) mass is 219 g/mol. The highest BCUT2D eigenvalue weighted by Gasteiger charge is 2.00. The largest absolute Gasteiger partial charge is 0.305 e. The second kappa shape index (κ2) is 6.25. The van der Waals surface area contributed by atoms with Gasteiger partial charge in [-0.2, -0.15) is 0 Å². The molecule has 0 radical (unpaired) electrons. The van der Waals surface area contributed by atoms with Crippen LogP contribution in [-0.4, -0.2) is 19.0 Å². The summed E-state index contributed by atoms with van der Waals surface area (Å²) < 4.78 is 0. The van der Waals surface area contributed by atoms with Gasteiger partial charge in [0, 0.05) is 12.4 Å². The summed E-state index contributed by atoms with van der Waals surface area (Å²) in [6, 6.07) is 8.27. The van der Waals surface area contributed by atoms with E-state index in [0.717, 1.165) is 6.54 Å². The lowest BCUT2D eigenvalue weighted by Gasteiger charge is -2.12. The van der Waals surface area contributed by atoms with Crippen LogP contribution in [0.15, 0.2) is 24.3 Å². The Morgan fingerprint density at radius 2 is 1.69 bits per heavy atom. The molecule has 1 nitrogen and oxygen atoms in total. The highest BCUT2D eigenvalue weighted by molar-refractivity contribution is 6.17. The van der Waals surface area contributed by atoms with Crippen LogP contribution in [0.5, 0.6) is 0 Å². The summed E-state index contributed by atoms with van der Waals surface area (Å²) in [5.41, 5.74) is 2.55. The van der Waals surface area contributed by atoms with Crippen molar-refractivity contribution < 1.29 is 0 Å². The number of nitrogens with zero attached hydrogens (tertiary/aromatic N) is 1. The fourth-order valence-electron chi connectivity index (χ4n) is 1.18. The maximum absolute atomic E-state index is 5.80. The van der Waals surface area contributed by atoms with Crippen molar-refractivity contribution in [3.8, 4) is 0 Å². The van der Waals surface area contributed by atoms with Crippen LogP contribution in [0.4, 0.5) is 0 Å². The molecule has 3 heteroatoms. The Morgan fingerprint density at radius 3 is 2.15 bits per heavy atom. The van der Waals surface area contributed by atoms with E-state index in [1.807, 2.05) is 6.07 Å². The third kappa shape index (κ3) is 3.99. The van der Waals surface area contributed by atoms with Crippen molar-refractivity contribution in [1.29, 1.82) is 0 Å². The smallest absolute Gasteiger partial charge is 0.0477 e. The van der Waals surface area contributed by atoms with Gasteiger partial charge in [-0.3, -0.25) is 0 Å². The second-order valence-corrected chi connectivity index (χ2v) is 3.41. The standard InChI is InChI=1S/C10H14ClN.ClH/c1-12(2)8-10-6-4-3-5-9(10)7-11;/h3-6H,7-8H2,1-2H3;1H. The molecule has 1 aromatic carbocycles. The molecule has 0 unspecified atom stereocenters. The Labute approximate surface area is 91.1 Å². The average molecular weight is 220 g/mol. The molecule has 0 aliphatic heterocycles. The van der Waals surface area contributed by atoms with E-state index in [1.54, 1.807) is 0 Å². The highest BCUT2D eigenvalue weighted by Crippen LogP contribution is 2.12. The van der Waals surface area contributed by atoms with Gasteiger partial charge in [0.05, 0.1) is 0 Å². The average Bonchev–Trinajstić information content (AvgIpc) is 2.04. The van der Waals surface area contributed by atoms with Crippen molar-refractivity contribution in [3.05, 3.63) is 35.4 Å². The van der Waals surface area contributed by atoms with Gasteiger partial charge in [0.25, 0.3) is 0 Å². The third-order valence-electron chi connectivity index (χ3n) is 1.75. The van der Waals surface area contributed by atoms with Gasteiger partial charge in [-0.05, 0) is 25.2 Å². The first-order valence-corrected chi connectivity index (χ1v) is 4.55. The molecule has 1 rings (SSSR count). The molecule has 0 N–H and O–H groups in total. The van der Waals surface area contributed by atoms with Crippen LogP contribution in [0.2, 0.25) is 0 Å². The molecule has 0 fully saturated rings. The summed E-state index contributed by atoms with van der Waals surface area (Å²) in [5, 5.41) is 0. The maximum Gasteiger partial charge on any atom is 0.0477 e. The van der Waals surface area contributed by atoms with Crippen molar-refractivity contribution in [2.24, 2.45) is 0 Å². The zero-order valence-corrected chi connectivity index (χ0v) is 9.53. The molecule has 0 aliphatic rings. The summed E-state index contributed by atoms with van der Waals surface area (Å²) in [5.74, 6) is 0.601. The predicted octanol–water partition coefficient (Wildman–Crippen LogP) is 2.91. The molecule has 0 aromatic heterocycles. The number of rotatable bonds is 3. The van der Waals surface area contributed by atoms with Crippen LogP contribution in [-0.2, 0) is 12.4 Å². The van der Waals surface area contributed by atoms with Gasteiger partial charge in [0.15, 0.2) is 0 Å². The minimum atomic E-state index is 0. The number of hydrogen-bond acceptors (Lipinski definition) is 1. The Morgan fingerprint density at radius 1 is 1.15 bits per heavy atom. The third-order valence-corrected chi connectivity index (χ3v) is 2.04. The van der Waals surface area contributed by atoms with Crippen molar-refractivity contribution in [1.82, 2.24) is 4.90 Å². The van der Waals surface area contributed by atoms with Crippen LogP contribution < -0.4 is 0 Å². The van der Waals surface area contributed by atoms with E-state index < -0.39 is 0 Å². The fourth-order valence-corrected chi connectivity index (χ4v) is 1.44. The zero-order chi connectivity index (χ0) is 8.97. The van der Waals surface area contributed by atoms with Crippen LogP contribution in [0, 0.1) is 0 Å². The molecule has 1 aromatic rings. The van der Waals surface area contributed by atoms with E-state index in [4.69, 9.17) is 11.6 Å². The second-order valence-electron chi connectivity index (χ2n) is 3.14. The minimum absolute atomic E-state index is 0. The summed E-state index contributed by atoms with van der Waals surface area (Å²) in [7, 11) is 4.12. The molecule has 0 saturated carbocycles. The van der Waals surface area contributed by atoms with Crippen LogP contribution >= 0.6 is 24.0 Å². The summed E-state index contributed by atoms with van der Waals surface area (Å²) in [6.07, 6.45) is 0. The van der Waals surface area contributed by atoms with Gasteiger partial charge in [0.1, 0.15) is 0 Å². The lowest BCUT2D eigenvalue weighted by Crippen LogP contribution is -2.11. The number of halogens is 2. The van der Waals surface area contributed by atoms with E-state index in [2.05, 4.69) is 37.2 Å². The fraction of sp³-hybridized carbons (Fsp3) is 0.400.